The zero-order valence-electron chi connectivity index (χ0n) is 7.53. The Morgan fingerprint density at radius 2 is 1.60 bits per heavy atom. The topological polar surface area (TPSA) is 0 Å². The molecule has 0 aliphatic carbocycles. The third-order valence-corrected chi connectivity index (χ3v) is 8.03. The molecule has 0 heterocycles. The fourth-order valence-corrected chi connectivity index (χ4v) is 3.20. The summed E-state index contributed by atoms with van der Waals surface area (Å²) < 4.78 is 0. The molecule has 2 heteroatoms. The Kier molecular flexibility index (Phi) is 3.36. The van der Waals surface area contributed by atoms with Gasteiger partial charge >= 0.3 is 0 Å². The molecule has 0 N–H and O–H groups in total. The molecule has 0 nitrogen and oxygen atoms in total. The Morgan fingerprint density at radius 1 is 1.20 bits per heavy atom. The summed E-state index contributed by atoms with van der Waals surface area (Å²) in [6, 6.07) is 0. The zero-order chi connectivity index (χ0) is 8.41. The highest BCUT2D eigenvalue weighted by atomic mass is 79.9. The van der Waals surface area contributed by atoms with E-state index in [9.17, 15) is 0 Å². The highest BCUT2D eigenvalue weighted by Crippen LogP contribution is 2.36. The van der Waals surface area contributed by atoms with E-state index in [2.05, 4.69) is 55.5 Å². The van der Waals surface area contributed by atoms with Gasteiger partial charge in [0.25, 0.3) is 0 Å². The minimum Gasteiger partial charge on any atom is -0.0874 e. The van der Waals surface area contributed by atoms with E-state index in [1.54, 1.807) is 0 Å². The third kappa shape index (κ3) is 2.58. The second-order valence-electron chi connectivity index (χ2n) is 4.26. The third-order valence-electron chi connectivity index (χ3n) is 2.41. The molecule has 0 spiro atoms. The van der Waals surface area contributed by atoms with Crippen LogP contribution in [0.5, 0.6) is 0 Å². The Hall–Kier alpha value is 0.437. The van der Waals surface area contributed by atoms with Crippen LogP contribution in [0.25, 0.3) is 0 Å². The molecule has 0 aromatic rings. The lowest BCUT2D eigenvalue weighted by Crippen LogP contribution is -2.34. The summed E-state index contributed by atoms with van der Waals surface area (Å²) in [5.41, 5.74) is 2.33. The second-order valence-corrected chi connectivity index (χ2v) is 10.1. The normalized spacial score (nSPS) is 14.6. The molecule has 10 heavy (non-hydrogen) atoms. The summed E-state index contributed by atoms with van der Waals surface area (Å²) in [6.07, 6.45) is 0. The predicted octanol–water partition coefficient (Wildman–Crippen LogP) is 3.94. The Labute approximate surface area is 73.9 Å². The van der Waals surface area contributed by atoms with Crippen molar-refractivity contribution >= 4 is 24.0 Å². The van der Waals surface area contributed by atoms with Gasteiger partial charge < -0.3 is 0 Å². The van der Waals surface area contributed by atoms with E-state index in [0.29, 0.717) is 5.04 Å². The van der Waals surface area contributed by atoms with Gasteiger partial charge in [0, 0.05) is 0 Å². The lowest BCUT2D eigenvalue weighted by atomic mass is 10.2. The van der Waals surface area contributed by atoms with Gasteiger partial charge in [0.2, 0.25) is 0 Å². The van der Waals surface area contributed by atoms with Crippen LogP contribution in [0.2, 0.25) is 18.1 Å². The maximum atomic E-state index is 3.33. The minimum absolute atomic E-state index is 0.470. The first-order valence-corrected chi connectivity index (χ1v) is 7.58. The molecule has 0 aliphatic heterocycles. The average Bonchev–Trinajstić information content (AvgIpc) is 1.61. The lowest BCUT2D eigenvalue weighted by Gasteiger charge is -2.33. The van der Waals surface area contributed by atoms with Crippen molar-refractivity contribution in [3.05, 3.63) is 10.7 Å². The fourth-order valence-electron chi connectivity index (χ4n) is 0.407. The highest BCUT2D eigenvalue weighted by Gasteiger charge is 2.31. The molecule has 60 valence electrons. The van der Waals surface area contributed by atoms with Crippen molar-refractivity contribution in [1.29, 1.82) is 0 Å². The van der Waals surface area contributed by atoms with Crippen molar-refractivity contribution in [3.8, 4) is 0 Å². The molecule has 0 bridgehead atoms. The molecule has 0 amide bonds. The first-order chi connectivity index (χ1) is 4.31. The van der Waals surface area contributed by atoms with Crippen molar-refractivity contribution in [2.24, 2.45) is 0 Å². The monoisotopic (exact) mass is 220 g/mol. The van der Waals surface area contributed by atoms with E-state index in [4.69, 9.17) is 0 Å². The molecule has 0 atom stereocenters. The number of hydrogen-bond acceptors (Lipinski definition) is 0. The maximum Gasteiger partial charge on any atom is 0.0777 e. The molecule has 0 aliphatic rings. The minimum atomic E-state index is -1.13. The Bertz CT molecular complexity index is 131. The first-order valence-electron chi connectivity index (χ1n) is 3.59. The van der Waals surface area contributed by atoms with Gasteiger partial charge in [0.05, 0.1) is 8.07 Å². The molecule has 0 aromatic heterocycles. The summed E-state index contributed by atoms with van der Waals surface area (Å²) >= 11 is 3.33. The van der Waals surface area contributed by atoms with Crippen molar-refractivity contribution in [1.82, 2.24) is 0 Å². The van der Waals surface area contributed by atoms with E-state index in [1.165, 1.54) is 0 Å². The smallest absolute Gasteiger partial charge is 0.0777 e. The van der Waals surface area contributed by atoms with Crippen LogP contribution in [-0.4, -0.2) is 8.07 Å². The average molecular weight is 221 g/mol. The lowest BCUT2D eigenvalue weighted by molar-refractivity contribution is 0.729. The number of hydrogen-bond donors (Lipinski definition) is 0. The molecule has 0 aromatic carbocycles. The molecule has 0 saturated heterocycles. The largest absolute Gasteiger partial charge is 0.0874 e. The molecule has 0 rings (SSSR count). The van der Waals surface area contributed by atoms with Crippen molar-refractivity contribution < 1.29 is 0 Å². The van der Waals surface area contributed by atoms with Gasteiger partial charge in [-0.2, -0.15) is 0 Å². The molecule has 0 unspecified atom stereocenters. The van der Waals surface area contributed by atoms with Crippen LogP contribution < -0.4 is 0 Å². The van der Waals surface area contributed by atoms with E-state index < -0.39 is 8.07 Å². The van der Waals surface area contributed by atoms with Crippen LogP contribution in [0.1, 0.15) is 20.8 Å². The summed E-state index contributed by atoms with van der Waals surface area (Å²) in [7, 11) is -1.13. The van der Waals surface area contributed by atoms with Crippen molar-refractivity contribution in [3.63, 3.8) is 0 Å². The quantitative estimate of drug-likeness (QED) is 0.588. The van der Waals surface area contributed by atoms with Gasteiger partial charge in [0.15, 0.2) is 0 Å². The molecular weight excluding hydrogens is 204 g/mol. The van der Waals surface area contributed by atoms with Gasteiger partial charge in [-0.05, 0) is 10.0 Å². The summed E-state index contributed by atoms with van der Waals surface area (Å²) in [5, 5.41) is 0.470. The first kappa shape index (κ1) is 10.4. The highest BCUT2D eigenvalue weighted by molar-refractivity contribution is 9.11. The van der Waals surface area contributed by atoms with E-state index in [-0.39, 0.29) is 0 Å². The molecule has 0 radical (unpaired) electrons. The number of halogens is 1. The van der Waals surface area contributed by atoms with Gasteiger partial charge in [-0.15, -0.1) is 0 Å². The van der Waals surface area contributed by atoms with Gasteiger partial charge in [-0.1, -0.05) is 55.5 Å². The van der Waals surface area contributed by atoms with E-state index >= 15 is 0 Å². The fraction of sp³-hybridized carbons (Fsp3) is 0.750. The van der Waals surface area contributed by atoms with Gasteiger partial charge in [-0.25, -0.2) is 0 Å². The van der Waals surface area contributed by atoms with Crippen molar-refractivity contribution in [2.45, 2.75) is 38.9 Å². The summed E-state index contributed by atoms with van der Waals surface area (Å²) in [6.45, 7) is 11.7. The van der Waals surface area contributed by atoms with Crippen LogP contribution in [-0.2, 0) is 0 Å². The summed E-state index contributed by atoms with van der Waals surface area (Å²) in [5.74, 6) is 0. The van der Waals surface area contributed by atoms with Crippen LogP contribution >= 0.6 is 15.9 Å². The van der Waals surface area contributed by atoms with Crippen LogP contribution in [0.15, 0.2) is 10.7 Å². The number of rotatable bonds is 1. The maximum absolute atomic E-state index is 3.33. The SMILES string of the molecule is CC(C)(C)[Si](C)(C)/C=C/Br. The van der Waals surface area contributed by atoms with E-state index in [0.717, 1.165) is 0 Å². The van der Waals surface area contributed by atoms with Crippen molar-refractivity contribution in [2.75, 3.05) is 0 Å². The standard InChI is InChI=1S/C8H17BrSi/c1-8(2,3)10(4,5)7-6-9/h6-7H,1-5H3/b7-6+. The molecular formula is C8H17BrSi. The van der Waals surface area contributed by atoms with Gasteiger partial charge in [-0.3, -0.25) is 0 Å². The second kappa shape index (κ2) is 3.22. The Balaban J connectivity index is 4.40. The molecule has 0 saturated carbocycles. The van der Waals surface area contributed by atoms with E-state index in [1.807, 2.05) is 4.99 Å². The van der Waals surface area contributed by atoms with Crippen LogP contribution in [0, 0.1) is 0 Å². The van der Waals surface area contributed by atoms with Crippen LogP contribution in [0.3, 0.4) is 0 Å². The predicted molar refractivity (Wildman–Crippen MR) is 55.3 cm³/mol. The van der Waals surface area contributed by atoms with Crippen LogP contribution in [0.4, 0.5) is 0 Å². The molecule has 0 fully saturated rings. The zero-order valence-corrected chi connectivity index (χ0v) is 10.1. The summed E-state index contributed by atoms with van der Waals surface area (Å²) in [4.78, 5) is 2.00. The Morgan fingerprint density at radius 3 is 1.70 bits per heavy atom. The van der Waals surface area contributed by atoms with Gasteiger partial charge in [0.1, 0.15) is 0 Å².